The topological polar surface area (TPSA) is 205 Å². The number of carbonyl (C=O) groups excluding carboxylic acids is 6. The molecule has 0 aliphatic carbocycles. The number of esters is 5. The number of nitrogens with two attached hydrogens (primary N) is 1. The first-order valence-electron chi connectivity index (χ1n) is 13.4. The number of hydrogen-bond acceptors (Lipinski definition) is 14. The van der Waals surface area contributed by atoms with E-state index < -0.39 is 66.6 Å². The van der Waals surface area contributed by atoms with Crippen molar-refractivity contribution in [2.45, 2.75) is 103 Å². The minimum Gasteiger partial charge on any atom is -0.469 e. The fourth-order valence-corrected chi connectivity index (χ4v) is 3.95. The third kappa shape index (κ3) is 14.2. The molecular weight excluding hydrogens is 548 g/mol. The Labute approximate surface area is 239 Å². The minimum atomic E-state index is -1.29. The maximum Gasteiger partial charge on any atom is 0.305 e. The average molecular weight is 591 g/mol. The van der Waals surface area contributed by atoms with E-state index in [0.29, 0.717) is 19.4 Å². The first-order valence-corrected chi connectivity index (χ1v) is 13.4. The van der Waals surface area contributed by atoms with Crippen LogP contribution in [0.3, 0.4) is 0 Å². The zero-order chi connectivity index (χ0) is 30.9. The molecule has 1 saturated heterocycles. The molecule has 0 aromatic carbocycles. The molecular formula is C26H42N2O13. The van der Waals surface area contributed by atoms with E-state index in [9.17, 15) is 28.8 Å². The molecule has 0 radical (unpaired) electrons. The molecule has 41 heavy (non-hydrogen) atoms. The Kier molecular flexibility index (Phi) is 16.5. The van der Waals surface area contributed by atoms with Gasteiger partial charge in [0.2, 0.25) is 5.91 Å². The van der Waals surface area contributed by atoms with Gasteiger partial charge >= 0.3 is 29.8 Å². The number of nitrogens with one attached hydrogen (secondary N) is 1. The van der Waals surface area contributed by atoms with Gasteiger partial charge in [0.25, 0.3) is 0 Å². The molecule has 6 atom stereocenters. The lowest BCUT2D eigenvalue weighted by Gasteiger charge is -2.44. The molecule has 1 aliphatic heterocycles. The fraction of sp³-hybridized carbons (Fsp3) is 0.769. The Morgan fingerprint density at radius 1 is 0.805 bits per heavy atom. The van der Waals surface area contributed by atoms with E-state index >= 15 is 0 Å². The van der Waals surface area contributed by atoms with Gasteiger partial charge in [-0.15, -0.1) is 0 Å². The van der Waals surface area contributed by atoms with Crippen LogP contribution < -0.4 is 11.1 Å². The van der Waals surface area contributed by atoms with Gasteiger partial charge in [0.05, 0.1) is 13.2 Å². The number of ether oxygens (including phenoxy) is 7. The van der Waals surface area contributed by atoms with E-state index in [2.05, 4.69) is 10.1 Å². The molecule has 0 spiro atoms. The first-order chi connectivity index (χ1) is 19.3. The van der Waals surface area contributed by atoms with Gasteiger partial charge in [-0.05, 0) is 19.3 Å². The Morgan fingerprint density at radius 3 is 1.98 bits per heavy atom. The van der Waals surface area contributed by atoms with Crippen LogP contribution in [0, 0.1) is 0 Å². The standard InChI is InChI=1S/C26H42N2O13/c1-15(29)37-14-20-22(38-16(2)30)23(39-17(3)31)24(40-18(4)32)26(41-20)36-13-9-7-6-8-12-28-25(34)19(27)10-11-21(33)35-5/h19-20,22-24,26H,6-14,27H2,1-5H3,(H,28,34)/t19-,20+,22+,23-,24-,26+/m0/s1. The quantitative estimate of drug-likeness (QED) is 0.130. The molecule has 15 heteroatoms. The Bertz CT molecular complexity index is 897. The third-order valence-electron chi connectivity index (χ3n) is 5.82. The monoisotopic (exact) mass is 590 g/mol. The summed E-state index contributed by atoms with van der Waals surface area (Å²) < 4.78 is 37.3. The van der Waals surface area contributed by atoms with Crippen molar-refractivity contribution in [2.24, 2.45) is 5.73 Å². The predicted octanol–water partition coefficient (Wildman–Crippen LogP) is 0.0432. The summed E-state index contributed by atoms with van der Waals surface area (Å²) in [7, 11) is 1.27. The summed E-state index contributed by atoms with van der Waals surface area (Å²) in [6.07, 6.45) is -3.14. The Morgan fingerprint density at radius 2 is 1.39 bits per heavy atom. The smallest absolute Gasteiger partial charge is 0.305 e. The van der Waals surface area contributed by atoms with Gasteiger partial charge in [-0.25, -0.2) is 0 Å². The predicted molar refractivity (Wildman–Crippen MR) is 139 cm³/mol. The number of carbonyl (C=O) groups is 6. The summed E-state index contributed by atoms with van der Waals surface area (Å²) in [4.78, 5) is 70.1. The second-order valence-corrected chi connectivity index (χ2v) is 9.36. The van der Waals surface area contributed by atoms with Gasteiger partial charge in [-0.1, -0.05) is 12.8 Å². The van der Waals surface area contributed by atoms with Crippen LogP contribution >= 0.6 is 0 Å². The average Bonchev–Trinajstić information content (AvgIpc) is 2.89. The highest BCUT2D eigenvalue weighted by atomic mass is 16.7. The SMILES string of the molecule is COC(=O)CC[C@H](N)C(=O)NCCCCCCO[C@@H]1O[C@H](COC(C)=O)[C@@H](OC(C)=O)[C@H](OC(C)=O)[C@@H]1OC(C)=O. The molecule has 0 bridgehead atoms. The zero-order valence-corrected chi connectivity index (χ0v) is 24.2. The van der Waals surface area contributed by atoms with Crippen molar-refractivity contribution in [3.63, 3.8) is 0 Å². The van der Waals surface area contributed by atoms with Crippen LogP contribution in [0.15, 0.2) is 0 Å². The highest BCUT2D eigenvalue weighted by Gasteiger charge is 2.52. The van der Waals surface area contributed by atoms with Crippen molar-refractivity contribution in [3.8, 4) is 0 Å². The summed E-state index contributed by atoms with van der Waals surface area (Å²) in [6.45, 7) is 4.86. The van der Waals surface area contributed by atoms with Crippen molar-refractivity contribution >= 4 is 35.8 Å². The van der Waals surface area contributed by atoms with E-state index in [1.807, 2.05) is 0 Å². The number of rotatable bonds is 17. The maximum atomic E-state index is 12.0. The van der Waals surface area contributed by atoms with Gasteiger partial charge in [0.15, 0.2) is 24.6 Å². The summed E-state index contributed by atoms with van der Waals surface area (Å²) in [5, 5.41) is 2.72. The number of methoxy groups -OCH3 is 1. The highest BCUT2D eigenvalue weighted by Crippen LogP contribution is 2.30. The molecule has 0 saturated carbocycles. The van der Waals surface area contributed by atoms with Crippen LogP contribution in [0.5, 0.6) is 0 Å². The molecule has 0 aromatic rings. The van der Waals surface area contributed by atoms with E-state index in [1.54, 1.807) is 0 Å². The minimum absolute atomic E-state index is 0.0602. The molecule has 0 unspecified atom stereocenters. The molecule has 0 aromatic heterocycles. The van der Waals surface area contributed by atoms with Crippen LogP contribution in [0.2, 0.25) is 0 Å². The molecule has 234 valence electrons. The van der Waals surface area contributed by atoms with Gasteiger partial charge in [-0.2, -0.15) is 0 Å². The molecule has 1 rings (SSSR count). The van der Waals surface area contributed by atoms with E-state index in [0.717, 1.165) is 33.6 Å². The summed E-state index contributed by atoms with van der Waals surface area (Å²) in [6, 6.07) is -0.802. The molecule has 3 N–H and O–H groups in total. The van der Waals surface area contributed by atoms with Gasteiger partial charge < -0.3 is 44.2 Å². The van der Waals surface area contributed by atoms with Crippen LogP contribution in [0.4, 0.5) is 0 Å². The van der Waals surface area contributed by atoms with Crippen molar-refractivity contribution in [3.05, 3.63) is 0 Å². The largest absolute Gasteiger partial charge is 0.469 e. The maximum absolute atomic E-state index is 12.0. The Hall–Kier alpha value is -3.30. The van der Waals surface area contributed by atoms with Crippen LogP contribution in [-0.2, 0) is 61.9 Å². The summed E-state index contributed by atoms with van der Waals surface area (Å²) >= 11 is 0. The van der Waals surface area contributed by atoms with E-state index in [4.69, 9.17) is 34.2 Å². The van der Waals surface area contributed by atoms with Gasteiger partial charge in [0.1, 0.15) is 12.7 Å². The van der Waals surface area contributed by atoms with E-state index in [-0.39, 0.29) is 32.0 Å². The first kappa shape index (κ1) is 35.7. The van der Waals surface area contributed by atoms with Gasteiger partial charge in [-0.3, -0.25) is 28.8 Å². The lowest BCUT2D eigenvalue weighted by atomic mass is 9.98. The van der Waals surface area contributed by atoms with Gasteiger partial charge in [0, 0.05) is 47.3 Å². The lowest BCUT2D eigenvalue weighted by molar-refractivity contribution is -0.308. The summed E-state index contributed by atoms with van der Waals surface area (Å²) in [5.41, 5.74) is 5.77. The Balaban J connectivity index is 2.68. The molecule has 15 nitrogen and oxygen atoms in total. The molecule has 1 heterocycles. The van der Waals surface area contributed by atoms with E-state index in [1.165, 1.54) is 14.0 Å². The molecule has 1 fully saturated rings. The number of amides is 1. The normalized spacial score (nSPS) is 22.5. The molecule has 1 amide bonds. The highest BCUT2D eigenvalue weighted by molar-refractivity contribution is 5.82. The summed E-state index contributed by atoms with van der Waals surface area (Å²) in [5.74, 6) is -3.55. The van der Waals surface area contributed by atoms with Crippen molar-refractivity contribution < 1.29 is 61.9 Å². The van der Waals surface area contributed by atoms with Crippen molar-refractivity contribution in [2.75, 3.05) is 26.9 Å². The third-order valence-corrected chi connectivity index (χ3v) is 5.82. The number of hydrogen-bond donors (Lipinski definition) is 2. The van der Waals surface area contributed by atoms with Crippen LogP contribution in [0.1, 0.15) is 66.2 Å². The second kappa shape index (κ2) is 18.9. The number of unbranched alkanes of at least 4 members (excludes halogenated alkanes) is 3. The fourth-order valence-electron chi connectivity index (χ4n) is 3.95. The lowest BCUT2D eigenvalue weighted by Crippen LogP contribution is -2.63. The van der Waals surface area contributed by atoms with Crippen molar-refractivity contribution in [1.29, 1.82) is 0 Å². The van der Waals surface area contributed by atoms with Crippen molar-refractivity contribution in [1.82, 2.24) is 5.32 Å². The van der Waals surface area contributed by atoms with Crippen LogP contribution in [0.25, 0.3) is 0 Å². The second-order valence-electron chi connectivity index (χ2n) is 9.36. The zero-order valence-electron chi connectivity index (χ0n) is 24.2. The molecule has 1 aliphatic rings. The van der Waals surface area contributed by atoms with Crippen LogP contribution in [-0.4, -0.2) is 99.4 Å².